The minimum atomic E-state index is -0.600. The molecule has 1 saturated heterocycles. The second kappa shape index (κ2) is 10.2. The summed E-state index contributed by atoms with van der Waals surface area (Å²) in [6.07, 6.45) is 1.86. The van der Waals surface area contributed by atoms with Crippen molar-refractivity contribution in [1.29, 1.82) is 0 Å². The molecule has 2 heterocycles. The van der Waals surface area contributed by atoms with Crippen LogP contribution in [0.3, 0.4) is 0 Å². The fourth-order valence-corrected chi connectivity index (χ4v) is 3.38. The molecule has 0 bridgehead atoms. The van der Waals surface area contributed by atoms with Gasteiger partial charge >= 0.3 is 0 Å². The van der Waals surface area contributed by atoms with Crippen molar-refractivity contribution in [2.45, 2.75) is 18.9 Å². The topological polar surface area (TPSA) is 119 Å². The Morgan fingerprint density at radius 1 is 1.00 bits per heavy atom. The average Bonchev–Trinajstić information content (AvgIpc) is 3.26. The Hall–Kier alpha value is -3.56. The maximum atomic E-state index is 12.4. The predicted octanol–water partition coefficient (Wildman–Crippen LogP) is 2.92. The molecule has 2 amide bonds. The molecule has 0 saturated carbocycles. The standard InChI is InChI=1S/C23H24N2O7/c26-22(25-28)15-1-3-17(4-2-15)30-12-9-24-23(27)21-14-16-13-19(5-6-20(16)32-21)31-18-7-10-29-11-8-18/h1-6,13-14,18,28H,7-12H2,(H,24,27)(H,25,26). The van der Waals surface area contributed by atoms with Crippen molar-refractivity contribution in [3.8, 4) is 11.5 Å². The van der Waals surface area contributed by atoms with Gasteiger partial charge in [-0.1, -0.05) is 0 Å². The van der Waals surface area contributed by atoms with Crippen LogP contribution < -0.4 is 20.3 Å². The van der Waals surface area contributed by atoms with Gasteiger partial charge in [-0.25, -0.2) is 5.48 Å². The van der Waals surface area contributed by atoms with Crippen LogP contribution in [0.1, 0.15) is 33.8 Å². The molecule has 1 aliphatic heterocycles. The smallest absolute Gasteiger partial charge is 0.287 e. The number of fused-ring (bicyclic) bond motifs is 1. The summed E-state index contributed by atoms with van der Waals surface area (Å²) in [6, 6.07) is 13.4. The Balaban J connectivity index is 1.27. The van der Waals surface area contributed by atoms with Gasteiger partial charge in [0.1, 0.15) is 29.8 Å². The normalized spacial score (nSPS) is 14.2. The lowest BCUT2D eigenvalue weighted by atomic mass is 10.1. The predicted molar refractivity (Wildman–Crippen MR) is 114 cm³/mol. The van der Waals surface area contributed by atoms with Crippen LogP contribution in [-0.4, -0.2) is 49.5 Å². The summed E-state index contributed by atoms with van der Waals surface area (Å²) in [5, 5.41) is 12.2. The quantitative estimate of drug-likeness (QED) is 0.280. The van der Waals surface area contributed by atoms with Crippen molar-refractivity contribution < 1.29 is 33.4 Å². The van der Waals surface area contributed by atoms with Gasteiger partial charge in [0, 0.05) is 23.8 Å². The molecule has 1 fully saturated rings. The molecule has 168 valence electrons. The molecule has 0 radical (unpaired) electrons. The van der Waals surface area contributed by atoms with E-state index in [9.17, 15) is 9.59 Å². The van der Waals surface area contributed by atoms with Gasteiger partial charge < -0.3 is 23.9 Å². The molecule has 4 rings (SSSR count). The van der Waals surface area contributed by atoms with Crippen LogP contribution in [0.4, 0.5) is 0 Å². The fraction of sp³-hybridized carbons (Fsp3) is 0.304. The van der Waals surface area contributed by atoms with E-state index in [2.05, 4.69) is 5.32 Å². The summed E-state index contributed by atoms with van der Waals surface area (Å²) in [5.74, 6) is 0.550. The number of nitrogens with one attached hydrogen (secondary N) is 2. The largest absolute Gasteiger partial charge is 0.492 e. The Morgan fingerprint density at radius 2 is 1.75 bits per heavy atom. The van der Waals surface area contributed by atoms with Gasteiger partial charge in [0.2, 0.25) is 0 Å². The molecule has 2 aromatic carbocycles. The highest BCUT2D eigenvalue weighted by Gasteiger charge is 2.17. The highest BCUT2D eigenvalue weighted by Crippen LogP contribution is 2.26. The van der Waals surface area contributed by atoms with Gasteiger partial charge in [-0.2, -0.15) is 0 Å². The van der Waals surface area contributed by atoms with Crippen molar-refractivity contribution >= 4 is 22.8 Å². The minimum absolute atomic E-state index is 0.138. The average molecular weight is 440 g/mol. The maximum Gasteiger partial charge on any atom is 0.287 e. The second-order valence-electron chi connectivity index (χ2n) is 7.31. The SMILES string of the molecule is O=C(NO)c1ccc(OCCNC(=O)c2cc3cc(OC4CCOCC4)ccc3o2)cc1. The van der Waals surface area contributed by atoms with E-state index in [0.29, 0.717) is 30.1 Å². The molecule has 0 spiro atoms. The van der Waals surface area contributed by atoms with E-state index in [-0.39, 0.29) is 30.9 Å². The monoisotopic (exact) mass is 440 g/mol. The Morgan fingerprint density at radius 3 is 2.50 bits per heavy atom. The molecule has 1 aliphatic rings. The van der Waals surface area contributed by atoms with E-state index < -0.39 is 5.91 Å². The maximum absolute atomic E-state index is 12.4. The molecule has 0 atom stereocenters. The summed E-state index contributed by atoms with van der Waals surface area (Å²) in [5.41, 5.74) is 2.48. The summed E-state index contributed by atoms with van der Waals surface area (Å²) >= 11 is 0. The van der Waals surface area contributed by atoms with Gasteiger partial charge in [-0.15, -0.1) is 0 Å². The van der Waals surface area contributed by atoms with Crippen LogP contribution in [0.25, 0.3) is 11.0 Å². The summed E-state index contributed by atoms with van der Waals surface area (Å²) < 4.78 is 22.5. The van der Waals surface area contributed by atoms with Crippen molar-refractivity contribution in [1.82, 2.24) is 10.8 Å². The lowest BCUT2D eigenvalue weighted by molar-refractivity contribution is 0.0256. The molecule has 3 N–H and O–H groups in total. The fourth-order valence-electron chi connectivity index (χ4n) is 3.38. The summed E-state index contributed by atoms with van der Waals surface area (Å²) in [6.45, 7) is 1.92. The molecule has 1 aromatic heterocycles. The number of carbonyl (C=O) groups is 2. The molecule has 0 aliphatic carbocycles. The van der Waals surface area contributed by atoms with Crippen molar-refractivity contribution in [2.75, 3.05) is 26.4 Å². The highest BCUT2D eigenvalue weighted by molar-refractivity contribution is 5.96. The van der Waals surface area contributed by atoms with E-state index in [1.165, 1.54) is 12.1 Å². The van der Waals surface area contributed by atoms with E-state index >= 15 is 0 Å². The second-order valence-corrected chi connectivity index (χ2v) is 7.31. The summed E-state index contributed by atoms with van der Waals surface area (Å²) in [4.78, 5) is 23.7. The van der Waals surface area contributed by atoms with Crippen LogP contribution in [0.15, 0.2) is 52.9 Å². The van der Waals surface area contributed by atoms with Crippen LogP contribution in [0, 0.1) is 0 Å². The molecule has 9 nitrogen and oxygen atoms in total. The lowest BCUT2D eigenvalue weighted by Crippen LogP contribution is -2.27. The van der Waals surface area contributed by atoms with Crippen LogP contribution in [0.5, 0.6) is 11.5 Å². The van der Waals surface area contributed by atoms with E-state index in [1.807, 2.05) is 12.1 Å². The Bertz CT molecular complexity index is 1070. The number of hydroxylamine groups is 1. The van der Waals surface area contributed by atoms with Gasteiger partial charge in [0.25, 0.3) is 11.8 Å². The van der Waals surface area contributed by atoms with Gasteiger partial charge in [-0.3, -0.25) is 14.8 Å². The van der Waals surface area contributed by atoms with Crippen molar-refractivity contribution in [2.24, 2.45) is 0 Å². The zero-order chi connectivity index (χ0) is 22.3. The van der Waals surface area contributed by atoms with E-state index in [1.54, 1.807) is 29.7 Å². The van der Waals surface area contributed by atoms with Crippen molar-refractivity contribution in [3.63, 3.8) is 0 Å². The third kappa shape index (κ3) is 5.37. The first-order valence-corrected chi connectivity index (χ1v) is 10.4. The number of benzene rings is 2. The first-order chi connectivity index (χ1) is 15.6. The number of furan rings is 1. The van der Waals surface area contributed by atoms with Crippen LogP contribution in [0.2, 0.25) is 0 Å². The van der Waals surface area contributed by atoms with Crippen LogP contribution in [-0.2, 0) is 4.74 Å². The van der Waals surface area contributed by atoms with Crippen LogP contribution >= 0.6 is 0 Å². The van der Waals surface area contributed by atoms with Gasteiger partial charge in [0.05, 0.1) is 19.8 Å². The Kier molecular flexibility index (Phi) is 6.88. The molecule has 9 heteroatoms. The molecule has 0 unspecified atom stereocenters. The molecule has 3 aromatic rings. The lowest BCUT2D eigenvalue weighted by Gasteiger charge is -2.23. The first-order valence-electron chi connectivity index (χ1n) is 10.4. The van der Waals surface area contributed by atoms with E-state index in [4.69, 9.17) is 23.8 Å². The number of hydrogen-bond donors (Lipinski definition) is 3. The number of hydrogen-bond acceptors (Lipinski definition) is 7. The highest BCUT2D eigenvalue weighted by atomic mass is 16.5. The zero-order valence-electron chi connectivity index (χ0n) is 17.3. The molecule has 32 heavy (non-hydrogen) atoms. The third-order valence-corrected chi connectivity index (χ3v) is 5.06. The van der Waals surface area contributed by atoms with Crippen molar-refractivity contribution in [3.05, 3.63) is 59.9 Å². The number of carbonyl (C=O) groups excluding carboxylic acids is 2. The van der Waals surface area contributed by atoms with E-state index in [0.717, 1.165) is 24.0 Å². The number of amides is 2. The van der Waals surface area contributed by atoms with Gasteiger partial charge in [0.15, 0.2) is 5.76 Å². The molecular weight excluding hydrogens is 416 g/mol. The Labute approximate surface area is 184 Å². The minimum Gasteiger partial charge on any atom is -0.492 e. The zero-order valence-corrected chi connectivity index (χ0v) is 17.3. The number of rotatable bonds is 8. The molecular formula is C23H24N2O7. The first kappa shape index (κ1) is 21.7. The summed E-state index contributed by atoms with van der Waals surface area (Å²) in [7, 11) is 0. The third-order valence-electron chi connectivity index (χ3n) is 5.06. The van der Waals surface area contributed by atoms with Gasteiger partial charge in [-0.05, 0) is 48.5 Å². The number of ether oxygens (including phenoxy) is 3.